The van der Waals surface area contributed by atoms with Gasteiger partial charge >= 0.3 is 0 Å². The summed E-state index contributed by atoms with van der Waals surface area (Å²) in [6.07, 6.45) is 4.58. The van der Waals surface area contributed by atoms with E-state index in [4.69, 9.17) is 4.74 Å². The van der Waals surface area contributed by atoms with Crippen LogP contribution in [0, 0.1) is 5.82 Å². The first-order chi connectivity index (χ1) is 14.6. The molecule has 0 atom stereocenters. The van der Waals surface area contributed by atoms with Gasteiger partial charge in [-0.3, -0.25) is 19.5 Å². The maximum Gasteiger partial charge on any atom is 0.274 e. The highest BCUT2D eigenvalue weighted by molar-refractivity contribution is 5.92. The molecule has 0 unspecified atom stereocenters. The molecule has 0 bridgehead atoms. The fourth-order valence-corrected chi connectivity index (χ4v) is 3.10. The smallest absolute Gasteiger partial charge is 0.274 e. The number of hydrogen-bond donors (Lipinski definition) is 1. The molecule has 1 aromatic carbocycles. The number of amides is 2. The van der Waals surface area contributed by atoms with Gasteiger partial charge in [0.25, 0.3) is 5.91 Å². The van der Waals surface area contributed by atoms with Crippen LogP contribution in [0.15, 0.2) is 42.9 Å². The number of nitrogens with one attached hydrogen (secondary N) is 1. The normalized spacial score (nSPS) is 14.3. The Hall–Kier alpha value is -2.91. The average molecular weight is 415 g/mol. The molecule has 1 aliphatic rings. The van der Waals surface area contributed by atoms with Gasteiger partial charge < -0.3 is 15.0 Å². The van der Waals surface area contributed by atoms with Crippen molar-refractivity contribution in [3.8, 4) is 0 Å². The van der Waals surface area contributed by atoms with Gasteiger partial charge in [-0.05, 0) is 17.7 Å². The number of halogens is 1. The van der Waals surface area contributed by atoms with Crippen molar-refractivity contribution >= 4 is 11.8 Å². The quantitative estimate of drug-likeness (QED) is 0.660. The van der Waals surface area contributed by atoms with Gasteiger partial charge in [0.15, 0.2) is 0 Å². The molecule has 0 spiro atoms. The van der Waals surface area contributed by atoms with Gasteiger partial charge in [0.05, 0.1) is 19.4 Å². The van der Waals surface area contributed by atoms with E-state index < -0.39 is 0 Å². The first-order valence-corrected chi connectivity index (χ1v) is 9.98. The van der Waals surface area contributed by atoms with Gasteiger partial charge in [-0.15, -0.1) is 0 Å². The van der Waals surface area contributed by atoms with Gasteiger partial charge in [-0.2, -0.15) is 0 Å². The predicted octanol–water partition coefficient (Wildman–Crippen LogP) is 1.10. The number of carbonyl (C=O) groups is 2. The second kappa shape index (κ2) is 11.3. The highest BCUT2D eigenvalue weighted by Gasteiger charge is 2.20. The van der Waals surface area contributed by atoms with E-state index in [-0.39, 0.29) is 36.3 Å². The van der Waals surface area contributed by atoms with E-state index in [1.165, 1.54) is 30.7 Å². The third kappa shape index (κ3) is 6.85. The Morgan fingerprint density at radius 3 is 2.60 bits per heavy atom. The van der Waals surface area contributed by atoms with Crippen LogP contribution in [0.2, 0.25) is 0 Å². The molecule has 3 rings (SSSR count). The number of aromatic nitrogens is 2. The molecule has 1 aliphatic heterocycles. The summed E-state index contributed by atoms with van der Waals surface area (Å²) < 4.78 is 18.3. The highest BCUT2D eigenvalue weighted by Crippen LogP contribution is 2.05. The van der Waals surface area contributed by atoms with Crippen LogP contribution >= 0.6 is 0 Å². The Morgan fingerprint density at radius 1 is 1.13 bits per heavy atom. The van der Waals surface area contributed by atoms with E-state index in [0.29, 0.717) is 32.8 Å². The van der Waals surface area contributed by atoms with Gasteiger partial charge in [0, 0.05) is 58.1 Å². The van der Waals surface area contributed by atoms with Crippen molar-refractivity contribution in [1.82, 2.24) is 25.1 Å². The van der Waals surface area contributed by atoms with Crippen LogP contribution in [0.4, 0.5) is 4.39 Å². The van der Waals surface area contributed by atoms with Crippen LogP contribution in [0.25, 0.3) is 0 Å². The molecule has 0 saturated carbocycles. The molecular formula is C21H26FN5O3. The van der Waals surface area contributed by atoms with Crippen molar-refractivity contribution in [2.24, 2.45) is 0 Å². The lowest BCUT2D eigenvalue weighted by Gasteiger charge is -2.30. The standard InChI is InChI=1S/C21H26FN5O3/c22-18-3-1-17(2-4-18)15-25-20(28)5-8-27(10-9-26-11-13-30-14-12-26)21(29)19-16-23-6-7-24-19/h1-4,6-7,16H,5,8-15H2,(H,25,28). The zero-order valence-corrected chi connectivity index (χ0v) is 16.8. The summed E-state index contributed by atoms with van der Waals surface area (Å²) in [6, 6.07) is 5.96. The van der Waals surface area contributed by atoms with Gasteiger partial charge in [0.1, 0.15) is 11.5 Å². The Labute approximate surface area is 175 Å². The first kappa shape index (κ1) is 21.8. The first-order valence-electron chi connectivity index (χ1n) is 9.98. The molecule has 1 aromatic heterocycles. The Balaban J connectivity index is 1.53. The van der Waals surface area contributed by atoms with E-state index in [2.05, 4.69) is 20.2 Å². The van der Waals surface area contributed by atoms with E-state index in [1.54, 1.807) is 17.0 Å². The molecule has 2 heterocycles. The second-order valence-electron chi connectivity index (χ2n) is 6.99. The fourth-order valence-electron chi connectivity index (χ4n) is 3.10. The summed E-state index contributed by atoms with van der Waals surface area (Å²) in [5, 5.41) is 2.80. The van der Waals surface area contributed by atoms with Crippen molar-refractivity contribution in [3.63, 3.8) is 0 Å². The Kier molecular flexibility index (Phi) is 8.22. The van der Waals surface area contributed by atoms with Crippen molar-refractivity contribution in [1.29, 1.82) is 0 Å². The topological polar surface area (TPSA) is 87.7 Å². The van der Waals surface area contributed by atoms with E-state index in [0.717, 1.165) is 18.7 Å². The van der Waals surface area contributed by atoms with Crippen LogP contribution in [0.1, 0.15) is 22.5 Å². The maximum absolute atomic E-state index is 13.0. The lowest BCUT2D eigenvalue weighted by molar-refractivity contribution is -0.121. The van der Waals surface area contributed by atoms with Gasteiger partial charge in [0.2, 0.25) is 5.91 Å². The number of carbonyl (C=O) groups excluding carboxylic acids is 2. The van der Waals surface area contributed by atoms with Crippen LogP contribution in [0.3, 0.4) is 0 Å². The summed E-state index contributed by atoms with van der Waals surface area (Å²) in [6.45, 7) is 4.79. The molecule has 0 aliphatic carbocycles. The molecule has 0 radical (unpaired) electrons. The number of rotatable bonds is 9. The number of morpholine rings is 1. The van der Waals surface area contributed by atoms with E-state index in [9.17, 15) is 14.0 Å². The second-order valence-corrected chi connectivity index (χ2v) is 6.99. The molecule has 8 nitrogen and oxygen atoms in total. The minimum atomic E-state index is -0.316. The number of benzene rings is 1. The summed E-state index contributed by atoms with van der Waals surface area (Å²) in [7, 11) is 0. The predicted molar refractivity (Wildman–Crippen MR) is 108 cm³/mol. The minimum Gasteiger partial charge on any atom is -0.379 e. The summed E-state index contributed by atoms with van der Waals surface area (Å²) >= 11 is 0. The molecule has 9 heteroatoms. The molecule has 1 N–H and O–H groups in total. The van der Waals surface area contributed by atoms with Crippen LogP contribution < -0.4 is 5.32 Å². The molecule has 1 saturated heterocycles. The van der Waals surface area contributed by atoms with Gasteiger partial charge in [-0.25, -0.2) is 9.37 Å². The third-order valence-corrected chi connectivity index (χ3v) is 4.87. The highest BCUT2D eigenvalue weighted by atomic mass is 19.1. The fraction of sp³-hybridized carbons (Fsp3) is 0.429. The van der Waals surface area contributed by atoms with Crippen molar-refractivity contribution < 1.29 is 18.7 Å². The Bertz CT molecular complexity index is 813. The molecule has 2 amide bonds. The number of nitrogens with zero attached hydrogens (tertiary/aromatic N) is 4. The summed E-state index contributed by atoms with van der Waals surface area (Å²) in [5.74, 6) is -0.742. The van der Waals surface area contributed by atoms with Crippen molar-refractivity contribution in [3.05, 3.63) is 59.9 Å². The number of hydrogen-bond acceptors (Lipinski definition) is 6. The molecule has 30 heavy (non-hydrogen) atoms. The molecule has 2 aromatic rings. The van der Waals surface area contributed by atoms with Crippen molar-refractivity contribution in [2.75, 3.05) is 45.9 Å². The third-order valence-electron chi connectivity index (χ3n) is 4.87. The average Bonchev–Trinajstić information content (AvgIpc) is 2.79. The minimum absolute atomic E-state index is 0.163. The Morgan fingerprint density at radius 2 is 1.90 bits per heavy atom. The van der Waals surface area contributed by atoms with Crippen molar-refractivity contribution in [2.45, 2.75) is 13.0 Å². The molecule has 160 valence electrons. The lowest BCUT2D eigenvalue weighted by atomic mass is 10.2. The monoisotopic (exact) mass is 415 g/mol. The molecular weight excluding hydrogens is 389 g/mol. The van der Waals surface area contributed by atoms with Gasteiger partial charge in [-0.1, -0.05) is 12.1 Å². The largest absolute Gasteiger partial charge is 0.379 e. The number of ether oxygens (including phenoxy) is 1. The SMILES string of the molecule is O=C(CCN(CCN1CCOCC1)C(=O)c1cnccn1)NCc1ccc(F)cc1. The van der Waals surface area contributed by atoms with Crippen LogP contribution in [0.5, 0.6) is 0 Å². The van der Waals surface area contributed by atoms with E-state index >= 15 is 0 Å². The summed E-state index contributed by atoms with van der Waals surface area (Å²) in [4.78, 5) is 37.0. The van der Waals surface area contributed by atoms with Crippen LogP contribution in [-0.2, 0) is 16.1 Å². The zero-order valence-electron chi connectivity index (χ0n) is 16.8. The van der Waals surface area contributed by atoms with Crippen LogP contribution in [-0.4, -0.2) is 77.5 Å². The molecule has 1 fully saturated rings. The zero-order chi connectivity index (χ0) is 21.2. The maximum atomic E-state index is 13.0. The summed E-state index contributed by atoms with van der Waals surface area (Å²) in [5.41, 5.74) is 1.07. The van der Waals surface area contributed by atoms with E-state index in [1.807, 2.05) is 0 Å². The lowest BCUT2D eigenvalue weighted by Crippen LogP contribution is -2.44.